The number of aliphatic hydroxyl groups is 6. The third-order valence-corrected chi connectivity index (χ3v) is 10.9. The number of rotatable bonds is 13. The van der Waals surface area contributed by atoms with E-state index in [1.165, 1.54) is 14.2 Å². The van der Waals surface area contributed by atoms with E-state index in [0.717, 1.165) is 0 Å². The minimum atomic E-state index is -1.65. The van der Waals surface area contributed by atoms with Gasteiger partial charge in [0.15, 0.2) is 31.5 Å². The van der Waals surface area contributed by atoms with Crippen LogP contribution in [0.3, 0.4) is 0 Å². The molecule has 6 N–H and O–H groups in total. The highest BCUT2D eigenvalue weighted by molar-refractivity contribution is 4.95. The van der Waals surface area contributed by atoms with Gasteiger partial charge in [-0.25, -0.2) is 0 Å². The fourth-order valence-electron chi connectivity index (χ4n) is 7.87. The number of methoxy groups -OCH3 is 4. The molecule has 0 amide bonds. The minimum absolute atomic E-state index is 0.259. The molecule has 22 atom stereocenters. The molecule has 5 aliphatic rings. The van der Waals surface area contributed by atoms with Crippen LogP contribution in [0.5, 0.6) is 0 Å². The molecule has 310 valence electrons. The summed E-state index contributed by atoms with van der Waals surface area (Å²) in [4.78, 5) is 0. The van der Waals surface area contributed by atoms with Crippen molar-refractivity contribution in [3.63, 3.8) is 0 Å². The van der Waals surface area contributed by atoms with Crippen molar-refractivity contribution in [2.75, 3.05) is 35.0 Å². The van der Waals surface area contributed by atoms with Gasteiger partial charge in [0.1, 0.15) is 61.0 Å². The highest BCUT2D eigenvalue weighted by atomic mass is 16.8. The van der Waals surface area contributed by atoms with E-state index in [9.17, 15) is 30.6 Å². The first-order valence-electron chi connectivity index (χ1n) is 18.3. The zero-order valence-electron chi connectivity index (χ0n) is 31.5. The molecule has 5 aliphatic heterocycles. The smallest absolute Gasteiger partial charge is 0.187 e. The molecule has 0 unspecified atom stereocenters. The third kappa shape index (κ3) is 9.69. The molecule has 0 aliphatic carbocycles. The van der Waals surface area contributed by atoms with E-state index in [-0.39, 0.29) is 18.9 Å². The molecule has 5 fully saturated rings. The second kappa shape index (κ2) is 19.1. The van der Waals surface area contributed by atoms with E-state index in [0.29, 0.717) is 6.42 Å². The van der Waals surface area contributed by atoms with Crippen LogP contribution in [0.4, 0.5) is 0 Å². The summed E-state index contributed by atoms with van der Waals surface area (Å²) in [5.41, 5.74) is 0. The molecule has 0 spiro atoms. The van der Waals surface area contributed by atoms with Crippen molar-refractivity contribution in [1.29, 1.82) is 0 Å². The van der Waals surface area contributed by atoms with Gasteiger partial charge in [0.2, 0.25) is 0 Å². The Balaban J connectivity index is 1.17. The quantitative estimate of drug-likeness (QED) is 0.117. The Morgan fingerprint density at radius 3 is 1.42 bits per heavy atom. The molecule has 0 aromatic heterocycles. The van der Waals surface area contributed by atoms with Gasteiger partial charge in [-0.3, -0.25) is 0 Å². The van der Waals surface area contributed by atoms with Crippen LogP contribution in [0, 0.1) is 0 Å². The first-order chi connectivity index (χ1) is 25.2. The summed E-state index contributed by atoms with van der Waals surface area (Å²) in [6.07, 6.45) is -18.9. The van der Waals surface area contributed by atoms with E-state index in [4.69, 9.17) is 61.6 Å². The summed E-state index contributed by atoms with van der Waals surface area (Å²) in [6, 6.07) is 0. The lowest BCUT2D eigenvalue weighted by Crippen LogP contribution is -2.65. The van der Waals surface area contributed by atoms with Crippen LogP contribution in [0.15, 0.2) is 0 Å². The van der Waals surface area contributed by atoms with Gasteiger partial charge in [0.05, 0.1) is 49.3 Å². The predicted octanol–water partition coefficient (Wildman–Crippen LogP) is -2.11. The lowest BCUT2D eigenvalue weighted by molar-refractivity contribution is -0.374. The zero-order chi connectivity index (χ0) is 38.7. The molecule has 0 aromatic rings. The molecule has 0 aromatic carbocycles. The molecular weight excluding hydrogens is 712 g/mol. The maximum atomic E-state index is 11.4. The average Bonchev–Trinajstić information content (AvgIpc) is 3.13. The van der Waals surface area contributed by atoms with Crippen molar-refractivity contribution in [2.45, 2.75) is 182 Å². The fraction of sp³-hybridized carbons (Fsp3) is 1.00. The molecule has 5 saturated heterocycles. The number of aliphatic hydroxyl groups excluding tert-OH is 6. The fourth-order valence-corrected chi connectivity index (χ4v) is 7.87. The van der Waals surface area contributed by atoms with Gasteiger partial charge >= 0.3 is 0 Å². The van der Waals surface area contributed by atoms with Crippen molar-refractivity contribution < 1.29 is 92.2 Å². The van der Waals surface area contributed by atoms with Crippen LogP contribution >= 0.6 is 0 Å². The molecule has 19 heteroatoms. The van der Waals surface area contributed by atoms with Crippen molar-refractivity contribution in [3.05, 3.63) is 0 Å². The Bertz CT molecular complexity index is 1110. The molecular formula is C34H60O19. The van der Waals surface area contributed by atoms with Crippen LogP contribution in [0.25, 0.3) is 0 Å². The van der Waals surface area contributed by atoms with Gasteiger partial charge in [-0.05, 0) is 27.7 Å². The van der Waals surface area contributed by atoms with Crippen molar-refractivity contribution in [1.82, 2.24) is 0 Å². The van der Waals surface area contributed by atoms with Gasteiger partial charge in [0, 0.05) is 47.7 Å². The van der Waals surface area contributed by atoms with Gasteiger partial charge in [0.25, 0.3) is 0 Å². The lowest BCUT2D eigenvalue weighted by Gasteiger charge is -2.48. The van der Waals surface area contributed by atoms with E-state index < -0.39 is 136 Å². The first kappa shape index (κ1) is 43.4. The summed E-state index contributed by atoms with van der Waals surface area (Å²) >= 11 is 0. The number of hydrogen-bond donors (Lipinski definition) is 6. The molecule has 5 heterocycles. The van der Waals surface area contributed by atoms with E-state index in [1.54, 1.807) is 28.1 Å². The Morgan fingerprint density at radius 2 is 0.906 bits per heavy atom. The second-order valence-electron chi connectivity index (χ2n) is 14.4. The van der Waals surface area contributed by atoms with Crippen molar-refractivity contribution in [3.8, 4) is 0 Å². The van der Waals surface area contributed by atoms with Crippen LogP contribution in [0.2, 0.25) is 0 Å². The molecule has 0 bridgehead atoms. The standard InChI is InChI=1S/C34H60O19/c1-13-28(17(41-5)9-21(36)45-13)50-22-10-18(42-6)29(14(2)46-22)51-23-11-19(43-7)30(15(3)47-23)52-34-27(40)32(44-8)31(16(4)48-34)53-33-26(39)25(38)24(37)20(12-35)49-33/h13-40H,9-12H2,1-8H3/t13-,14-,15-,16-,17+,18+,19-,20-,21-,22+,23+,24-,25+,26-,27-,28-,29-,30-,31-,32+,33+,34+/m1/s1. The summed E-state index contributed by atoms with van der Waals surface area (Å²) < 4.78 is 77.4. The molecule has 0 saturated carbocycles. The monoisotopic (exact) mass is 772 g/mol. The molecule has 0 radical (unpaired) electrons. The van der Waals surface area contributed by atoms with Crippen molar-refractivity contribution >= 4 is 0 Å². The first-order valence-corrected chi connectivity index (χ1v) is 18.3. The van der Waals surface area contributed by atoms with E-state index in [1.807, 2.05) is 13.8 Å². The third-order valence-electron chi connectivity index (χ3n) is 10.9. The largest absolute Gasteiger partial charge is 0.394 e. The van der Waals surface area contributed by atoms with Crippen LogP contribution in [0.1, 0.15) is 47.0 Å². The zero-order valence-corrected chi connectivity index (χ0v) is 31.5. The summed E-state index contributed by atoms with van der Waals surface area (Å²) in [5, 5.41) is 61.8. The van der Waals surface area contributed by atoms with Gasteiger partial charge in [-0.1, -0.05) is 0 Å². The average molecular weight is 773 g/mol. The van der Waals surface area contributed by atoms with Crippen LogP contribution < -0.4 is 0 Å². The highest BCUT2D eigenvalue weighted by Gasteiger charge is 2.53. The van der Waals surface area contributed by atoms with Crippen LogP contribution in [-0.2, 0) is 61.6 Å². The van der Waals surface area contributed by atoms with Gasteiger partial charge in [-0.2, -0.15) is 0 Å². The van der Waals surface area contributed by atoms with Crippen molar-refractivity contribution in [2.24, 2.45) is 0 Å². The number of hydrogen-bond acceptors (Lipinski definition) is 19. The lowest BCUT2D eigenvalue weighted by atomic mass is 9.96. The summed E-state index contributed by atoms with van der Waals surface area (Å²) in [6.45, 7) is 6.49. The Morgan fingerprint density at radius 1 is 0.453 bits per heavy atom. The second-order valence-corrected chi connectivity index (χ2v) is 14.4. The van der Waals surface area contributed by atoms with Gasteiger partial charge in [-0.15, -0.1) is 0 Å². The molecule has 5 rings (SSSR count). The Labute approximate surface area is 309 Å². The normalized spacial score (nSPS) is 51.3. The Hall–Kier alpha value is -0.760. The SMILES string of the molecule is CO[C@H]1[C@@H](O)[C@H](O[C@@H]2[C@@H](C)O[C@@H](O[C@H]3[C@@H](OC)C[C@H](O[C@H]4[C@@H](OC)C[C@H](O)O[C@@H]4C)O[C@@H]3C)C[C@H]2OC)O[C@H](C)[C@H]1O[C@@H]1O[C@H](CO)[C@@H](O)[C@H](O)[C@H]1O. The van der Waals surface area contributed by atoms with Crippen LogP contribution in [-0.4, -0.2) is 201 Å². The van der Waals surface area contributed by atoms with E-state index >= 15 is 0 Å². The molecule has 19 nitrogen and oxygen atoms in total. The number of ether oxygens (including phenoxy) is 13. The summed E-state index contributed by atoms with van der Waals surface area (Å²) in [7, 11) is 6.05. The predicted molar refractivity (Wildman–Crippen MR) is 176 cm³/mol. The maximum absolute atomic E-state index is 11.4. The van der Waals surface area contributed by atoms with Gasteiger partial charge < -0.3 is 92.2 Å². The van der Waals surface area contributed by atoms with E-state index in [2.05, 4.69) is 0 Å². The topological polar surface area (TPSA) is 241 Å². The Kier molecular flexibility index (Phi) is 15.6. The molecule has 53 heavy (non-hydrogen) atoms. The summed E-state index contributed by atoms with van der Waals surface area (Å²) in [5.74, 6) is 0. The maximum Gasteiger partial charge on any atom is 0.187 e. The minimum Gasteiger partial charge on any atom is -0.394 e. The highest BCUT2D eigenvalue weighted by Crippen LogP contribution is 2.36.